The van der Waals surface area contributed by atoms with Crippen LogP contribution in [0.2, 0.25) is 10.2 Å². The highest BCUT2D eigenvalue weighted by Gasteiger charge is 2.18. The summed E-state index contributed by atoms with van der Waals surface area (Å²) in [5, 5.41) is 4.00. The van der Waals surface area contributed by atoms with Crippen molar-refractivity contribution >= 4 is 23.2 Å². The molecule has 0 aliphatic carbocycles. The van der Waals surface area contributed by atoms with Crippen molar-refractivity contribution in [2.24, 2.45) is 0 Å². The molecule has 0 saturated carbocycles. The average Bonchev–Trinajstić information content (AvgIpc) is 2.78. The molecule has 19 heavy (non-hydrogen) atoms. The molecule has 1 aromatic carbocycles. The Labute approximate surface area is 121 Å². The number of halogens is 3. The fraction of sp³-hybridized carbons (Fsp3) is 0.286. The monoisotopic (exact) mass is 301 g/mol. The van der Waals surface area contributed by atoms with E-state index in [0.29, 0.717) is 22.2 Å². The summed E-state index contributed by atoms with van der Waals surface area (Å²) in [6.45, 7) is 2.74. The van der Waals surface area contributed by atoms with Gasteiger partial charge in [0.05, 0.1) is 6.26 Å². The van der Waals surface area contributed by atoms with Gasteiger partial charge in [0.2, 0.25) is 0 Å². The van der Waals surface area contributed by atoms with Crippen molar-refractivity contribution in [2.75, 3.05) is 6.54 Å². The van der Waals surface area contributed by atoms with E-state index in [4.69, 9.17) is 27.6 Å². The van der Waals surface area contributed by atoms with E-state index in [2.05, 4.69) is 5.32 Å². The Bertz CT molecular complexity index is 556. The minimum atomic E-state index is -0.310. The second-order valence-corrected chi connectivity index (χ2v) is 4.98. The molecule has 102 valence electrons. The normalized spacial score (nSPS) is 12.6. The highest BCUT2D eigenvalue weighted by Crippen LogP contribution is 2.28. The standard InChI is InChI=1S/C14H14Cl2FNO/c1-2-18-13(11-5-6-19-14(11)16)7-9-3-4-10(15)8-12(9)17/h3-6,8,13,18H,2,7H2,1H3. The molecule has 0 bridgehead atoms. The summed E-state index contributed by atoms with van der Waals surface area (Å²) in [6.07, 6.45) is 2.01. The van der Waals surface area contributed by atoms with Crippen molar-refractivity contribution in [3.8, 4) is 0 Å². The van der Waals surface area contributed by atoms with Crippen LogP contribution in [0.3, 0.4) is 0 Å². The summed E-state index contributed by atoms with van der Waals surface area (Å²) >= 11 is 11.7. The molecule has 0 spiro atoms. The largest absolute Gasteiger partial charge is 0.453 e. The van der Waals surface area contributed by atoms with E-state index in [0.717, 1.165) is 12.1 Å². The minimum absolute atomic E-state index is 0.0908. The van der Waals surface area contributed by atoms with Crippen LogP contribution in [0.5, 0.6) is 0 Å². The fourth-order valence-electron chi connectivity index (χ4n) is 2.00. The van der Waals surface area contributed by atoms with E-state index in [-0.39, 0.29) is 11.9 Å². The minimum Gasteiger partial charge on any atom is -0.453 e. The van der Waals surface area contributed by atoms with Gasteiger partial charge in [0, 0.05) is 16.6 Å². The highest BCUT2D eigenvalue weighted by atomic mass is 35.5. The van der Waals surface area contributed by atoms with Gasteiger partial charge < -0.3 is 9.73 Å². The van der Waals surface area contributed by atoms with E-state index in [1.54, 1.807) is 18.2 Å². The van der Waals surface area contributed by atoms with Gasteiger partial charge in [-0.1, -0.05) is 24.6 Å². The van der Waals surface area contributed by atoms with Gasteiger partial charge >= 0.3 is 0 Å². The van der Waals surface area contributed by atoms with Gasteiger partial charge in [0.1, 0.15) is 5.82 Å². The predicted molar refractivity (Wildman–Crippen MR) is 75.2 cm³/mol. The zero-order valence-corrected chi connectivity index (χ0v) is 11.9. The van der Waals surface area contributed by atoms with Crippen LogP contribution >= 0.6 is 23.2 Å². The molecule has 1 unspecified atom stereocenters. The smallest absolute Gasteiger partial charge is 0.197 e. The number of hydrogen-bond donors (Lipinski definition) is 1. The molecular formula is C14H14Cl2FNO. The van der Waals surface area contributed by atoms with E-state index < -0.39 is 0 Å². The van der Waals surface area contributed by atoms with Gasteiger partial charge in [-0.15, -0.1) is 0 Å². The van der Waals surface area contributed by atoms with Crippen LogP contribution in [-0.4, -0.2) is 6.54 Å². The van der Waals surface area contributed by atoms with Crippen LogP contribution in [0.4, 0.5) is 4.39 Å². The quantitative estimate of drug-likeness (QED) is 0.872. The van der Waals surface area contributed by atoms with Gasteiger partial charge in [-0.3, -0.25) is 0 Å². The Morgan fingerprint density at radius 1 is 1.32 bits per heavy atom. The summed E-state index contributed by atoms with van der Waals surface area (Å²) in [5.41, 5.74) is 1.42. The molecule has 1 aromatic heterocycles. The highest BCUT2D eigenvalue weighted by molar-refractivity contribution is 6.30. The van der Waals surface area contributed by atoms with Gasteiger partial charge in [0.15, 0.2) is 5.22 Å². The second-order valence-electron chi connectivity index (χ2n) is 4.20. The fourth-order valence-corrected chi connectivity index (χ4v) is 2.40. The van der Waals surface area contributed by atoms with Crippen molar-refractivity contribution in [1.29, 1.82) is 0 Å². The van der Waals surface area contributed by atoms with Crippen LogP contribution < -0.4 is 5.32 Å². The molecular weight excluding hydrogens is 288 g/mol. The van der Waals surface area contributed by atoms with Crippen molar-refractivity contribution in [2.45, 2.75) is 19.4 Å². The summed E-state index contributed by atoms with van der Waals surface area (Å²) in [6, 6.07) is 6.39. The molecule has 2 aromatic rings. The molecule has 2 nitrogen and oxygen atoms in total. The van der Waals surface area contributed by atoms with Crippen LogP contribution in [0.25, 0.3) is 0 Å². The van der Waals surface area contributed by atoms with Crippen molar-refractivity contribution in [3.63, 3.8) is 0 Å². The summed E-state index contributed by atoms with van der Waals surface area (Å²) in [4.78, 5) is 0. The predicted octanol–water partition coefficient (Wildman–Crippen LogP) is 4.62. The van der Waals surface area contributed by atoms with Crippen LogP contribution in [-0.2, 0) is 6.42 Å². The first-order chi connectivity index (χ1) is 9.11. The molecule has 0 saturated heterocycles. The average molecular weight is 302 g/mol. The Morgan fingerprint density at radius 3 is 2.68 bits per heavy atom. The molecule has 1 N–H and O–H groups in total. The van der Waals surface area contributed by atoms with Crippen molar-refractivity contribution < 1.29 is 8.81 Å². The Balaban J connectivity index is 2.24. The van der Waals surface area contributed by atoms with Crippen molar-refractivity contribution in [1.82, 2.24) is 5.32 Å². The molecule has 0 aliphatic rings. The summed E-state index contributed by atoms with van der Waals surface area (Å²) in [5.74, 6) is -0.310. The lowest BCUT2D eigenvalue weighted by Gasteiger charge is -2.17. The van der Waals surface area contributed by atoms with Crippen LogP contribution in [0, 0.1) is 5.82 Å². The number of rotatable bonds is 5. The SMILES string of the molecule is CCNC(Cc1ccc(Cl)cc1F)c1ccoc1Cl. The third-order valence-electron chi connectivity index (χ3n) is 2.91. The third kappa shape index (κ3) is 3.50. The maximum absolute atomic E-state index is 13.8. The first kappa shape index (κ1) is 14.4. The van der Waals surface area contributed by atoms with Gasteiger partial charge in [0.25, 0.3) is 0 Å². The molecule has 0 aliphatic heterocycles. The van der Waals surface area contributed by atoms with E-state index >= 15 is 0 Å². The Hall–Kier alpha value is -1.03. The maximum atomic E-state index is 13.8. The maximum Gasteiger partial charge on any atom is 0.197 e. The number of furan rings is 1. The third-order valence-corrected chi connectivity index (χ3v) is 3.45. The Kier molecular flexibility index (Phi) is 4.86. The molecule has 0 fully saturated rings. The number of hydrogen-bond acceptors (Lipinski definition) is 2. The summed E-state index contributed by atoms with van der Waals surface area (Å²) in [7, 11) is 0. The van der Waals surface area contributed by atoms with Crippen LogP contribution in [0.1, 0.15) is 24.1 Å². The first-order valence-corrected chi connectivity index (χ1v) is 6.77. The number of likely N-dealkylation sites (N-methyl/N-ethyl adjacent to an activating group) is 1. The molecule has 0 radical (unpaired) electrons. The first-order valence-electron chi connectivity index (χ1n) is 6.02. The van der Waals surface area contributed by atoms with Gasteiger partial charge in [-0.25, -0.2) is 4.39 Å². The molecule has 0 amide bonds. The van der Waals surface area contributed by atoms with E-state index in [1.165, 1.54) is 12.3 Å². The summed E-state index contributed by atoms with van der Waals surface area (Å²) < 4.78 is 18.9. The zero-order chi connectivity index (χ0) is 13.8. The lowest BCUT2D eigenvalue weighted by atomic mass is 10.0. The number of nitrogens with one attached hydrogen (secondary N) is 1. The molecule has 1 atom stereocenters. The second kappa shape index (κ2) is 6.42. The molecule has 1 heterocycles. The molecule has 5 heteroatoms. The number of benzene rings is 1. The lowest BCUT2D eigenvalue weighted by Crippen LogP contribution is -2.23. The lowest BCUT2D eigenvalue weighted by molar-refractivity contribution is 0.513. The molecule has 2 rings (SSSR count). The van der Waals surface area contributed by atoms with Gasteiger partial charge in [-0.2, -0.15) is 0 Å². The Morgan fingerprint density at radius 2 is 2.11 bits per heavy atom. The zero-order valence-electron chi connectivity index (χ0n) is 10.4. The van der Waals surface area contributed by atoms with E-state index in [9.17, 15) is 4.39 Å². The van der Waals surface area contributed by atoms with Gasteiger partial charge in [-0.05, 0) is 48.3 Å². The topological polar surface area (TPSA) is 25.2 Å². The van der Waals surface area contributed by atoms with Crippen LogP contribution in [0.15, 0.2) is 34.9 Å². The van der Waals surface area contributed by atoms with E-state index in [1.807, 2.05) is 6.92 Å². The van der Waals surface area contributed by atoms with Crippen molar-refractivity contribution in [3.05, 3.63) is 57.7 Å².